The Hall–Kier alpha value is -0.850. The van der Waals surface area contributed by atoms with Crippen molar-refractivity contribution in [1.29, 1.82) is 0 Å². The number of aldehydes is 1. The third kappa shape index (κ3) is 5.01. The van der Waals surface area contributed by atoms with Crippen molar-refractivity contribution in [3.05, 3.63) is 23.8 Å². The molecule has 0 bridgehead atoms. The van der Waals surface area contributed by atoms with Crippen LogP contribution in [0.2, 0.25) is 0 Å². The quantitative estimate of drug-likeness (QED) is 0.320. The number of rotatable bonds is 3. The lowest BCUT2D eigenvalue weighted by Crippen LogP contribution is -1.67. The van der Waals surface area contributed by atoms with Crippen LogP contribution in [0.15, 0.2) is 23.8 Å². The van der Waals surface area contributed by atoms with E-state index in [1.165, 1.54) is 6.08 Å². The van der Waals surface area contributed by atoms with Gasteiger partial charge in [0.2, 0.25) is 0 Å². The van der Waals surface area contributed by atoms with Crippen molar-refractivity contribution >= 4 is 6.29 Å². The molecule has 0 aliphatic carbocycles. The van der Waals surface area contributed by atoms with Crippen LogP contribution in [0.5, 0.6) is 0 Å². The molecule has 0 aromatic carbocycles. The number of carbonyl (C=O) groups excluding carboxylic acids is 1. The molecule has 0 saturated heterocycles. The molecule has 0 fully saturated rings. The van der Waals surface area contributed by atoms with Crippen molar-refractivity contribution in [2.24, 2.45) is 0 Å². The van der Waals surface area contributed by atoms with Crippen LogP contribution in [-0.4, -0.2) is 6.29 Å². The topological polar surface area (TPSA) is 17.1 Å². The van der Waals surface area contributed by atoms with E-state index in [1.54, 1.807) is 6.08 Å². The Morgan fingerprint density at radius 2 is 2.22 bits per heavy atom. The molecular formula is C8H12O. The molecule has 0 N–H and O–H groups in total. The van der Waals surface area contributed by atoms with Gasteiger partial charge < -0.3 is 0 Å². The first kappa shape index (κ1) is 8.15. The molecule has 0 atom stereocenters. The Kier molecular flexibility index (Phi) is 4.79. The fourth-order valence-electron chi connectivity index (χ4n) is 0.581. The summed E-state index contributed by atoms with van der Waals surface area (Å²) in [7, 11) is 0. The highest BCUT2D eigenvalue weighted by atomic mass is 16.1. The normalized spacial score (nSPS) is 12.4. The van der Waals surface area contributed by atoms with Crippen molar-refractivity contribution in [1.82, 2.24) is 0 Å². The Balaban J connectivity index is 3.74. The van der Waals surface area contributed by atoms with Gasteiger partial charge in [0.25, 0.3) is 0 Å². The standard InChI is InChI=1S/C8H12O/c1-3-5-8(2)6-4-7-9/h4-7H,3H2,1-2H3/b6-4+,8-5+. The lowest BCUT2D eigenvalue weighted by molar-refractivity contribution is -0.104. The van der Waals surface area contributed by atoms with Crippen molar-refractivity contribution in [3.8, 4) is 0 Å². The lowest BCUT2D eigenvalue weighted by atomic mass is 10.2. The zero-order chi connectivity index (χ0) is 7.11. The maximum atomic E-state index is 9.80. The van der Waals surface area contributed by atoms with Crippen molar-refractivity contribution in [3.63, 3.8) is 0 Å². The summed E-state index contributed by atoms with van der Waals surface area (Å²) in [4.78, 5) is 9.80. The molecule has 0 aromatic rings. The molecule has 0 spiro atoms. The SMILES string of the molecule is CC/C=C(C)/C=C/C=O. The van der Waals surface area contributed by atoms with E-state index < -0.39 is 0 Å². The first-order valence-corrected chi connectivity index (χ1v) is 3.10. The second-order valence-corrected chi connectivity index (χ2v) is 1.85. The van der Waals surface area contributed by atoms with Crippen LogP contribution < -0.4 is 0 Å². The van der Waals surface area contributed by atoms with E-state index >= 15 is 0 Å². The molecule has 0 unspecified atom stereocenters. The van der Waals surface area contributed by atoms with Gasteiger partial charge in [-0.05, 0) is 19.4 Å². The monoisotopic (exact) mass is 124 g/mol. The largest absolute Gasteiger partial charge is 0.299 e. The third-order valence-corrected chi connectivity index (χ3v) is 0.964. The van der Waals surface area contributed by atoms with Gasteiger partial charge >= 0.3 is 0 Å². The molecule has 9 heavy (non-hydrogen) atoms. The third-order valence-electron chi connectivity index (χ3n) is 0.964. The molecule has 0 amide bonds. The summed E-state index contributed by atoms with van der Waals surface area (Å²) in [6, 6.07) is 0. The van der Waals surface area contributed by atoms with Crippen molar-refractivity contribution in [2.75, 3.05) is 0 Å². The molecule has 0 aliphatic rings. The van der Waals surface area contributed by atoms with Gasteiger partial charge in [-0.15, -0.1) is 0 Å². The van der Waals surface area contributed by atoms with E-state index in [2.05, 4.69) is 13.0 Å². The summed E-state index contributed by atoms with van der Waals surface area (Å²) in [5.74, 6) is 0. The van der Waals surface area contributed by atoms with Gasteiger partial charge in [0, 0.05) is 0 Å². The van der Waals surface area contributed by atoms with Crippen LogP contribution >= 0.6 is 0 Å². The molecule has 0 rings (SSSR count). The van der Waals surface area contributed by atoms with E-state index in [4.69, 9.17) is 0 Å². The highest BCUT2D eigenvalue weighted by Gasteiger charge is 1.75. The Morgan fingerprint density at radius 1 is 1.56 bits per heavy atom. The molecular weight excluding hydrogens is 112 g/mol. The van der Waals surface area contributed by atoms with Gasteiger partial charge in [0.15, 0.2) is 0 Å². The minimum Gasteiger partial charge on any atom is -0.299 e. The molecule has 0 saturated carbocycles. The van der Waals surface area contributed by atoms with E-state index in [0.29, 0.717) is 0 Å². The fraction of sp³-hybridized carbons (Fsp3) is 0.375. The molecule has 1 nitrogen and oxygen atoms in total. The van der Waals surface area contributed by atoms with E-state index in [0.717, 1.165) is 18.3 Å². The number of hydrogen-bond donors (Lipinski definition) is 0. The second kappa shape index (κ2) is 5.29. The van der Waals surface area contributed by atoms with E-state index in [-0.39, 0.29) is 0 Å². The minimum atomic E-state index is 0.785. The van der Waals surface area contributed by atoms with Gasteiger partial charge in [0.1, 0.15) is 6.29 Å². The number of hydrogen-bond acceptors (Lipinski definition) is 1. The van der Waals surface area contributed by atoms with Crippen LogP contribution in [0.4, 0.5) is 0 Å². The molecule has 0 radical (unpaired) electrons. The lowest BCUT2D eigenvalue weighted by Gasteiger charge is -1.85. The van der Waals surface area contributed by atoms with Crippen LogP contribution in [0.25, 0.3) is 0 Å². The van der Waals surface area contributed by atoms with Crippen LogP contribution in [0, 0.1) is 0 Å². The number of allylic oxidation sites excluding steroid dienone is 4. The zero-order valence-corrected chi connectivity index (χ0v) is 5.92. The van der Waals surface area contributed by atoms with Crippen LogP contribution in [0.1, 0.15) is 20.3 Å². The average Bonchev–Trinajstić information content (AvgIpc) is 1.85. The Labute approximate surface area is 56.1 Å². The predicted octanol–water partition coefficient (Wildman–Crippen LogP) is 2.10. The first-order chi connectivity index (χ1) is 4.31. The van der Waals surface area contributed by atoms with Crippen LogP contribution in [0.3, 0.4) is 0 Å². The fourth-order valence-corrected chi connectivity index (χ4v) is 0.581. The summed E-state index contributed by atoms with van der Waals surface area (Å²) in [6.07, 6.45) is 7.18. The van der Waals surface area contributed by atoms with Gasteiger partial charge in [-0.25, -0.2) is 0 Å². The van der Waals surface area contributed by atoms with Gasteiger partial charge in [-0.3, -0.25) is 4.79 Å². The second-order valence-electron chi connectivity index (χ2n) is 1.85. The molecule has 0 aromatic heterocycles. The molecule has 1 heteroatoms. The Bertz CT molecular complexity index is 132. The number of carbonyl (C=O) groups is 1. The van der Waals surface area contributed by atoms with Crippen molar-refractivity contribution < 1.29 is 4.79 Å². The van der Waals surface area contributed by atoms with E-state index in [9.17, 15) is 4.79 Å². The zero-order valence-electron chi connectivity index (χ0n) is 5.92. The summed E-state index contributed by atoms with van der Waals surface area (Å²) in [6.45, 7) is 4.04. The molecule has 0 heterocycles. The summed E-state index contributed by atoms with van der Waals surface area (Å²) >= 11 is 0. The molecule has 0 aliphatic heterocycles. The Morgan fingerprint density at radius 3 is 2.67 bits per heavy atom. The van der Waals surface area contributed by atoms with E-state index in [1.807, 2.05) is 6.92 Å². The van der Waals surface area contributed by atoms with Crippen LogP contribution in [-0.2, 0) is 4.79 Å². The maximum absolute atomic E-state index is 9.80. The van der Waals surface area contributed by atoms with Gasteiger partial charge in [0.05, 0.1) is 0 Å². The van der Waals surface area contributed by atoms with Gasteiger partial charge in [-0.2, -0.15) is 0 Å². The first-order valence-electron chi connectivity index (χ1n) is 3.10. The summed E-state index contributed by atoms with van der Waals surface area (Å²) in [5.41, 5.74) is 1.14. The average molecular weight is 124 g/mol. The smallest absolute Gasteiger partial charge is 0.142 e. The maximum Gasteiger partial charge on any atom is 0.142 e. The van der Waals surface area contributed by atoms with Gasteiger partial charge in [-0.1, -0.05) is 24.6 Å². The predicted molar refractivity (Wildman–Crippen MR) is 39.3 cm³/mol. The highest BCUT2D eigenvalue weighted by molar-refractivity contribution is 5.65. The highest BCUT2D eigenvalue weighted by Crippen LogP contribution is 1.94. The van der Waals surface area contributed by atoms with Crippen molar-refractivity contribution in [2.45, 2.75) is 20.3 Å². The summed E-state index contributed by atoms with van der Waals surface area (Å²) < 4.78 is 0. The summed E-state index contributed by atoms with van der Waals surface area (Å²) in [5, 5.41) is 0. The molecule has 50 valence electrons. The minimum absolute atomic E-state index is 0.785.